The van der Waals surface area contributed by atoms with Crippen LogP contribution in [0.2, 0.25) is 0 Å². The third-order valence-corrected chi connectivity index (χ3v) is 4.13. The van der Waals surface area contributed by atoms with Crippen LogP contribution in [-0.4, -0.2) is 28.8 Å². The highest BCUT2D eigenvalue weighted by Crippen LogP contribution is 2.33. The van der Waals surface area contributed by atoms with Gasteiger partial charge in [-0.25, -0.2) is 4.98 Å². The number of hydrogen-bond acceptors (Lipinski definition) is 4. The second-order valence-electron chi connectivity index (χ2n) is 6.23. The molecule has 1 aliphatic rings. The summed E-state index contributed by atoms with van der Waals surface area (Å²) in [5.41, 5.74) is 2.29. The van der Waals surface area contributed by atoms with Crippen molar-refractivity contribution in [1.82, 2.24) is 10.3 Å². The van der Waals surface area contributed by atoms with E-state index in [9.17, 15) is 14.7 Å². The Hall–Kier alpha value is -2.69. The number of benzene rings is 1. The van der Waals surface area contributed by atoms with Gasteiger partial charge in [0.2, 0.25) is 0 Å². The molecule has 2 N–H and O–H groups in total. The van der Waals surface area contributed by atoms with Gasteiger partial charge in [-0.05, 0) is 48.6 Å². The lowest BCUT2D eigenvalue weighted by atomic mass is 10.0. The number of aromatic nitrogens is 1. The van der Waals surface area contributed by atoms with Crippen LogP contribution in [-0.2, 0) is 6.42 Å². The van der Waals surface area contributed by atoms with Crippen LogP contribution in [0.15, 0.2) is 36.4 Å². The smallest absolute Gasteiger partial charge is 0.269 e. The maximum absolute atomic E-state index is 12.4. The van der Waals surface area contributed by atoms with Crippen molar-refractivity contribution in [3.05, 3.63) is 58.9 Å². The summed E-state index contributed by atoms with van der Waals surface area (Å²) in [7, 11) is 1.54. The summed E-state index contributed by atoms with van der Waals surface area (Å²) in [4.78, 5) is 28.7. The van der Waals surface area contributed by atoms with Crippen LogP contribution >= 0.6 is 0 Å². The molecule has 0 bridgehead atoms. The lowest BCUT2D eigenvalue weighted by molar-refractivity contribution is 0.0958. The number of Topliss-reactive ketones (excluding diaryl/α,β-unsaturated/α-hetero) is 1. The van der Waals surface area contributed by atoms with E-state index in [2.05, 4.69) is 10.3 Å². The lowest BCUT2D eigenvalue weighted by Gasteiger charge is -2.08. The van der Waals surface area contributed by atoms with Crippen molar-refractivity contribution in [1.29, 1.82) is 0 Å². The van der Waals surface area contributed by atoms with Crippen molar-refractivity contribution >= 4 is 11.7 Å². The van der Waals surface area contributed by atoms with Gasteiger partial charge in [-0.2, -0.15) is 0 Å². The van der Waals surface area contributed by atoms with E-state index in [4.69, 9.17) is 0 Å². The van der Waals surface area contributed by atoms with Crippen LogP contribution < -0.4 is 5.32 Å². The van der Waals surface area contributed by atoms with E-state index in [1.807, 2.05) is 6.07 Å². The van der Waals surface area contributed by atoms with Crippen molar-refractivity contribution in [2.75, 3.05) is 7.05 Å². The highest BCUT2D eigenvalue weighted by molar-refractivity contribution is 5.99. The van der Waals surface area contributed by atoms with Gasteiger partial charge in [-0.1, -0.05) is 12.1 Å². The molecule has 1 fully saturated rings. The first-order valence-electron chi connectivity index (χ1n) is 8.09. The van der Waals surface area contributed by atoms with E-state index in [1.54, 1.807) is 30.3 Å². The molecular formula is C19H20N2O3. The molecule has 1 aromatic carbocycles. The largest absolute Gasteiger partial charge is 0.508 e. The van der Waals surface area contributed by atoms with Gasteiger partial charge >= 0.3 is 0 Å². The predicted molar refractivity (Wildman–Crippen MR) is 90.2 cm³/mol. The first-order chi connectivity index (χ1) is 11.5. The van der Waals surface area contributed by atoms with Gasteiger partial charge in [0.25, 0.3) is 5.91 Å². The fourth-order valence-electron chi connectivity index (χ4n) is 2.66. The number of phenols is 1. The summed E-state index contributed by atoms with van der Waals surface area (Å²) in [6.07, 6.45) is 3.19. The maximum Gasteiger partial charge on any atom is 0.269 e. The molecule has 1 amide bonds. The monoisotopic (exact) mass is 324 g/mol. The highest BCUT2D eigenvalue weighted by atomic mass is 16.3. The van der Waals surface area contributed by atoms with Gasteiger partial charge in [0.15, 0.2) is 5.78 Å². The van der Waals surface area contributed by atoms with E-state index in [0.717, 1.165) is 18.4 Å². The zero-order chi connectivity index (χ0) is 17.1. The minimum absolute atomic E-state index is 0.0576. The van der Waals surface area contributed by atoms with Crippen molar-refractivity contribution in [3.63, 3.8) is 0 Å². The molecule has 2 aromatic rings. The number of aromatic hydroxyl groups is 1. The Labute approximate surface area is 140 Å². The van der Waals surface area contributed by atoms with Crippen molar-refractivity contribution in [2.24, 2.45) is 5.92 Å². The Kier molecular flexibility index (Phi) is 4.60. The lowest BCUT2D eigenvalue weighted by Crippen LogP contribution is -2.20. The van der Waals surface area contributed by atoms with Crippen LogP contribution in [0, 0.1) is 5.92 Å². The second-order valence-corrected chi connectivity index (χ2v) is 6.23. The first kappa shape index (κ1) is 16.2. The number of rotatable bonds is 6. The number of ketones is 1. The molecule has 124 valence electrons. The van der Waals surface area contributed by atoms with Crippen molar-refractivity contribution in [3.8, 4) is 5.75 Å². The number of amides is 1. The molecule has 1 aromatic heterocycles. The molecular weight excluding hydrogens is 304 g/mol. The molecule has 0 atom stereocenters. The van der Waals surface area contributed by atoms with Crippen LogP contribution in [0.1, 0.15) is 51.4 Å². The SMILES string of the molecule is CNC(=O)c1cc(C(=O)CC2CC2)cc(Cc2cccc(O)c2)n1. The zero-order valence-electron chi connectivity index (χ0n) is 13.6. The third kappa shape index (κ3) is 3.98. The van der Waals surface area contributed by atoms with E-state index < -0.39 is 0 Å². The Morgan fingerprint density at radius 3 is 2.71 bits per heavy atom. The second kappa shape index (κ2) is 6.83. The average Bonchev–Trinajstić information content (AvgIpc) is 3.37. The summed E-state index contributed by atoms with van der Waals surface area (Å²) in [6.45, 7) is 0. The average molecular weight is 324 g/mol. The summed E-state index contributed by atoms with van der Waals surface area (Å²) < 4.78 is 0. The molecule has 0 saturated heterocycles. The Bertz CT molecular complexity index is 782. The van der Waals surface area contributed by atoms with E-state index in [0.29, 0.717) is 30.0 Å². The molecule has 5 heteroatoms. The quantitative estimate of drug-likeness (QED) is 0.801. The molecule has 1 aliphatic carbocycles. The first-order valence-corrected chi connectivity index (χ1v) is 8.09. The highest BCUT2D eigenvalue weighted by Gasteiger charge is 2.25. The van der Waals surface area contributed by atoms with E-state index in [-0.39, 0.29) is 23.1 Å². The van der Waals surface area contributed by atoms with Crippen LogP contribution in [0.25, 0.3) is 0 Å². The molecule has 24 heavy (non-hydrogen) atoms. The molecule has 1 heterocycles. The number of hydrogen-bond donors (Lipinski definition) is 2. The number of phenolic OH excluding ortho intramolecular Hbond substituents is 1. The molecule has 0 unspecified atom stereocenters. The van der Waals surface area contributed by atoms with Crippen LogP contribution in [0.5, 0.6) is 5.75 Å². The Morgan fingerprint density at radius 2 is 2.04 bits per heavy atom. The van der Waals surface area contributed by atoms with Crippen LogP contribution in [0.3, 0.4) is 0 Å². The number of carbonyl (C=O) groups excluding carboxylic acids is 2. The molecule has 0 aliphatic heterocycles. The molecule has 3 rings (SSSR count). The molecule has 5 nitrogen and oxygen atoms in total. The third-order valence-electron chi connectivity index (χ3n) is 4.13. The minimum atomic E-state index is -0.312. The summed E-state index contributed by atoms with van der Waals surface area (Å²) >= 11 is 0. The minimum Gasteiger partial charge on any atom is -0.508 e. The number of nitrogens with zero attached hydrogens (tertiary/aromatic N) is 1. The standard InChI is InChI=1S/C19H20N2O3/c1-20-19(24)17-11-14(18(23)9-12-5-6-12)10-15(21-17)7-13-3-2-4-16(22)8-13/h2-4,8,10-12,22H,5-7,9H2,1H3,(H,20,24). The fourth-order valence-corrected chi connectivity index (χ4v) is 2.66. The van der Waals surface area contributed by atoms with Gasteiger partial charge in [-0.3, -0.25) is 9.59 Å². The number of pyridine rings is 1. The summed E-state index contributed by atoms with van der Waals surface area (Å²) in [5.74, 6) is 0.416. The van der Waals surface area contributed by atoms with Gasteiger partial charge in [0.05, 0.1) is 0 Å². The molecule has 1 saturated carbocycles. The maximum atomic E-state index is 12.4. The normalized spacial score (nSPS) is 13.5. The van der Waals surface area contributed by atoms with Gasteiger partial charge in [-0.15, -0.1) is 0 Å². The fraction of sp³-hybridized carbons (Fsp3) is 0.316. The van der Waals surface area contributed by atoms with E-state index in [1.165, 1.54) is 7.05 Å². The number of carbonyl (C=O) groups is 2. The van der Waals surface area contributed by atoms with Gasteiger partial charge < -0.3 is 10.4 Å². The molecule has 0 spiro atoms. The molecule has 0 radical (unpaired) electrons. The van der Waals surface area contributed by atoms with E-state index >= 15 is 0 Å². The van der Waals surface area contributed by atoms with Crippen LogP contribution in [0.4, 0.5) is 0 Å². The predicted octanol–water partition coefficient (Wildman–Crippen LogP) is 2.72. The van der Waals surface area contributed by atoms with Crippen molar-refractivity contribution in [2.45, 2.75) is 25.7 Å². The van der Waals surface area contributed by atoms with Gasteiger partial charge in [0, 0.05) is 31.1 Å². The van der Waals surface area contributed by atoms with Gasteiger partial charge in [0.1, 0.15) is 11.4 Å². The topological polar surface area (TPSA) is 79.3 Å². The van der Waals surface area contributed by atoms with Crippen molar-refractivity contribution < 1.29 is 14.7 Å². The Morgan fingerprint density at radius 1 is 1.25 bits per heavy atom. The summed E-state index contributed by atoms with van der Waals surface area (Å²) in [5, 5.41) is 12.1. The number of nitrogens with one attached hydrogen (secondary N) is 1. The summed E-state index contributed by atoms with van der Waals surface area (Å²) in [6, 6.07) is 10.2. The Balaban J connectivity index is 1.91. The zero-order valence-corrected chi connectivity index (χ0v) is 13.6.